The van der Waals surface area contributed by atoms with Gasteiger partial charge < -0.3 is 14.9 Å². The van der Waals surface area contributed by atoms with E-state index in [1.54, 1.807) is 0 Å². The van der Waals surface area contributed by atoms with Gasteiger partial charge in [0.15, 0.2) is 0 Å². The van der Waals surface area contributed by atoms with Gasteiger partial charge in [-0.1, -0.05) is 51.9 Å². The fourth-order valence-electron chi connectivity index (χ4n) is 2.38. The predicted octanol–water partition coefficient (Wildman–Crippen LogP) is 4.90. The first-order valence-electron chi connectivity index (χ1n) is 9.11. The van der Waals surface area contributed by atoms with E-state index in [4.69, 9.17) is 14.9 Å². The summed E-state index contributed by atoms with van der Waals surface area (Å²) in [6.45, 7) is 2.22. The number of non-ortho nitro benzene ring substituents is 1. The summed E-state index contributed by atoms with van der Waals surface area (Å²) < 4.78 is 4.71. The zero-order chi connectivity index (χ0) is 20.7. The van der Waals surface area contributed by atoms with Gasteiger partial charge in [0.05, 0.1) is 18.1 Å². The second-order valence-corrected chi connectivity index (χ2v) is 6.07. The molecule has 0 aliphatic rings. The number of ether oxygens (including phenoxy) is 1. The average molecular weight is 383 g/mol. The molecule has 8 heteroatoms. The van der Waals surface area contributed by atoms with Gasteiger partial charge in [0.2, 0.25) is 0 Å². The van der Waals surface area contributed by atoms with Crippen LogP contribution in [0.2, 0.25) is 0 Å². The van der Waals surface area contributed by atoms with E-state index >= 15 is 0 Å². The molecular formula is C19H29NO7. The molecule has 0 heterocycles. The number of rotatable bonds is 12. The number of hydrogen-bond donors (Lipinski definition) is 2. The molecule has 0 radical (unpaired) electrons. The molecule has 0 amide bonds. The minimum atomic E-state index is -1.18. The number of hydrogen-bond acceptors (Lipinski definition) is 5. The Morgan fingerprint density at radius 2 is 1.59 bits per heavy atom. The summed E-state index contributed by atoms with van der Waals surface area (Å²) in [7, 11) is 1.26. The average Bonchev–Trinajstić information content (AvgIpc) is 2.63. The number of aliphatic carboxylic acids is 1. The van der Waals surface area contributed by atoms with E-state index in [-0.39, 0.29) is 17.0 Å². The monoisotopic (exact) mass is 383 g/mol. The molecule has 0 saturated heterocycles. The second kappa shape index (κ2) is 14.5. The molecule has 0 aliphatic heterocycles. The number of carboxylic acid groups (broad SMARTS) is 2. The summed E-state index contributed by atoms with van der Waals surface area (Å²) in [6.07, 6.45) is 10.1. The molecule has 0 aromatic heterocycles. The third-order valence-electron chi connectivity index (χ3n) is 3.87. The zero-order valence-corrected chi connectivity index (χ0v) is 16.0. The Morgan fingerprint density at radius 3 is 2.04 bits per heavy atom. The van der Waals surface area contributed by atoms with Crippen LogP contribution in [0.5, 0.6) is 5.75 Å². The molecule has 1 rings (SSSR count). The standard InChI is InChI=1S/C11H22O2.C8H7NO5/c1-2-3-4-5-6-7-8-9-10-11(12)13;1-14-7-4-5(9(12)13)2-3-6(7)8(10)11/h2-10H2,1H3,(H,12,13);2-4H,1H3,(H,10,11). The van der Waals surface area contributed by atoms with E-state index in [0.29, 0.717) is 6.42 Å². The molecule has 0 unspecified atom stereocenters. The van der Waals surface area contributed by atoms with Crippen molar-refractivity contribution in [2.75, 3.05) is 7.11 Å². The van der Waals surface area contributed by atoms with Crippen LogP contribution in [0.1, 0.15) is 75.1 Å². The van der Waals surface area contributed by atoms with Crippen molar-refractivity contribution >= 4 is 17.6 Å². The molecule has 8 nitrogen and oxygen atoms in total. The number of nitrogens with zero attached hydrogens (tertiary/aromatic N) is 1. The van der Waals surface area contributed by atoms with Gasteiger partial charge >= 0.3 is 11.9 Å². The number of carbonyl (C=O) groups is 2. The van der Waals surface area contributed by atoms with Crippen LogP contribution in [-0.2, 0) is 4.79 Å². The fourth-order valence-corrected chi connectivity index (χ4v) is 2.38. The Hall–Kier alpha value is -2.64. The maximum absolute atomic E-state index is 10.6. The van der Waals surface area contributed by atoms with E-state index in [2.05, 4.69) is 6.92 Å². The van der Waals surface area contributed by atoms with Gasteiger partial charge in [0.25, 0.3) is 5.69 Å². The smallest absolute Gasteiger partial charge is 0.339 e. The van der Waals surface area contributed by atoms with Gasteiger partial charge in [0, 0.05) is 12.5 Å². The van der Waals surface area contributed by atoms with Crippen molar-refractivity contribution in [1.82, 2.24) is 0 Å². The molecule has 0 atom stereocenters. The fraction of sp³-hybridized carbons (Fsp3) is 0.579. The van der Waals surface area contributed by atoms with E-state index in [1.807, 2.05) is 0 Å². The van der Waals surface area contributed by atoms with Crippen molar-refractivity contribution in [3.8, 4) is 5.75 Å². The summed E-state index contributed by atoms with van der Waals surface area (Å²) in [6, 6.07) is 3.33. The van der Waals surface area contributed by atoms with Crippen molar-refractivity contribution in [3.63, 3.8) is 0 Å². The zero-order valence-electron chi connectivity index (χ0n) is 16.0. The van der Waals surface area contributed by atoms with Crippen LogP contribution in [0.4, 0.5) is 5.69 Å². The second-order valence-electron chi connectivity index (χ2n) is 6.07. The lowest BCUT2D eigenvalue weighted by Crippen LogP contribution is -2.01. The Bertz CT molecular complexity index is 602. The number of nitro benzene ring substituents is 1. The summed E-state index contributed by atoms with van der Waals surface area (Å²) in [5.74, 6) is -1.87. The highest BCUT2D eigenvalue weighted by molar-refractivity contribution is 5.91. The number of methoxy groups -OCH3 is 1. The van der Waals surface area contributed by atoms with Gasteiger partial charge in [-0.05, 0) is 12.5 Å². The molecule has 1 aromatic rings. The Morgan fingerprint density at radius 1 is 1.04 bits per heavy atom. The van der Waals surface area contributed by atoms with Crippen LogP contribution in [0.3, 0.4) is 0 Å². The molecule has 27 heavy (non-hydrogen) atoms. The third kappa shape index (κ3) is 11.6. The van der Waals surface area contributed by atoms with E-state index < -0.39 is 16.9 Å². The van der Waals surface area contributed by atoms with Crippen molar-refractivity contribution in [2.24, 2.45) is 0 Å². The molecule has 1 aromatic carbocycles. The van der Waals surface area contributed by atoms with E-state index in [9.17, 15) is 19.7 Å². The largest absolute Gasteiger partial charge is 0.496 e. The first-order valence-corrected chi connectivity index (χ1v) is 9.11. The van der Waals surface area contributed by atoms with Crippen molar-refractivity contribution in [1.29, 1.82) is 0 Å². The van der Waals surface area contributed by atoms with Crippen molar-refractivity contribution in [2.45, 2.75) is 64.7 Å². The third-order valence-corrected chi connectivity index (χ3v) is 3.87. The molecule has 0 spiro atoms. The quantitative estimate of drug-likeness (QED) is 0.298. The lowest BCUT2D eigenvalue weighted by atomic mass is 10.1. The lowest BCUT2D eigenvalue weighted by molar-refractivity contribution is -0.384. The molecule has 0 bridgehead atoms. The Labute approximate surface area is 159 Å². The molecule has 152 valence electrons. The number of unbranched alkanes of at least 4 members (excludes halogenated alkanes) is 7. The molecular weight excluding hydrogens is 354 g/mol. The maximum atomic E-state index is 10.6. The number of aromatic carboxylic acids is 1. The first kappa shape index (κ1) is 24.4. The van der Waals surface area contributed by atoms with Gasteiger partial charge in [-0.3, -0.25) is 14.9 Å². The summed E-state index contributed by atoms with van der Waals surface area (Å²) in [5, 5.41) is 27.4. The van der Waals surface area contributed by atoms with Crippen LogP contribution in [-0.4, -0.2) is 34.2 Å². The first-order chi connectivity index (χ1) is 12.8. The highest BCUT2D eigenvalue weighted by atomic mass is 16.6. The van der Waals surface area contributed by atoms with Gasteiger partial charge in [-0.2, -0.15) is 0 Å². The molecule has 0 fully saturated rings. The van der Waals surface area contributed by atoms with Crippen molar-refractivity contribution < 1.29 is 29.5 Å². The van der Waals surface area contributed by atoms with E-state index in [0.717, 1.165) is 31.0 Å². The summed E-state index contributed by atoms with van der Waals surface area (Å²) in [4.78, 5) is 30.5. The normalized spacial score (nSPS) is 9.85. The summed E-state index contributed by atoms with van der Waals surface area (Å²) >= 11 is 0. The van der Waals surface area contributed by atoms with Gasteiger partial charge in [-0.15, -0.1) is 0 Å². The lowest BCUT2D eigenvalue weighted by Gasteiger charge is -2.03. The molecule has 0 aliphatic carbocycles. The number of benzene rings is 1. The molecule has 0 saturated carbocycles. The van der Waals surface area contributed by atoms with Crippen LogP contribution in [0, 0.1) is 10.1 Å². The number of carboxylic acids is 2. The Kier molecular flexibility index (Phi) is 13.1. The predicted molar refractivity (Wildman–Crippen MR) is 101 cm³/mol. The van der Waals surface area contributed by atoms with Crippen LogP contribution in [0.15, 0.2) is 18.2 Å². The highest BCUT2D eigenvalue weighted by Crippen LogP contribution is 2.24. The van der Waals surface area contributed by atoms with Crippen LogP contribution < -0.4 is 4.74 Å². The Balaban J connectivity index is 0.000000503. The SMILES string of the molecule is CCCCCCCCCCC(=O)O.COc1cc([N+](=O)[O-])ccc1C(=O)O. The van der Waals surface area contributed by atoms with Gasteiger partial charge in [-0.25, -0.2) is 4.79 Å². The molecule has 2 N–H and O–H groups in total. The topological polar surface area (TPSA) is 127 Å². The maximum Gasteiger partial charge on any atom is 0.339 e. The van der Waals surface area contributed by atoms with Crippen LogP contribution in [0.25, 0.3) is 0 Å². The number of nitro groups is 1. The van der Waals surface area contributed by atoms with Crippen LogP contribution >= 0.6 is 0 Å². The minimum absolute atomic E-state index is 0.0216. The minimum Gasteiger partial charge on any atom is -0.496 e. The van der Waals surface area contributed by atoms with Crippen molar-refractivity contribution in [3.05, 3.63) is 33.9 Å². The van der Waals surface area contributed by atoms with Gasteiger partial charge in [0.1, 0.15) is 11.3 Å². The van der Waals surface area contributed by atoms with E-state index in [1.165, 1.54) is 45.6 Å². The summed E-state index contributed by atoms with van der Waals surface area (Å²) in [5.41, 5.74) is -0.301. The highest BCUT2D eigenvalue weighted by Gasteiger charge is 2.15.